The van der Waals surface area contributed by atoms with Crippen LogP contribution in [0.2, 0.25) is 0 Å². The van der Waals surface area contributed by atoms with E-state index in [9.17, 15) is 4.79 Å². The van der Waals surface area contributed by atoms with Gasteiger partial charge in [-0.05, 0) is 18.6 Å². The van der Waals surface area contributed by atoms with E-state index >= 15 is 0 Å². The highest BCUT2D eigenvalue weighted by molar-refractivity contribution is 7.09. The van der Waals surface area contributed by atoms with E-state index in [1.807, 2.05) is 54.3 Å². The van der Waals surface area contributed by atoms with E-state index in [1.165, 1.54) is 0 Å². The maximum atomic E-state index is 12.5. The Balaban J connectivity index is 1.88. The first-order valence-electron chi connectivity index (χ1n) is 6.95. The van der Waals surface area contributed by atoms with Crippen LogP contribution in [0.5, 0.6) is 0 Å². The Labute approximate surface area is 127 Å². The number of nitrogens with one attached hydrogen (secondary N) is 1. The number of rotatable bonds is 4. The number of thiazole rings is 1. The van der Waals surface area contributed by atoms with Crippen LogP contribution in [0.25, 0.3) is 10.9 Å². The molecule has 0 spiro atoms. The second-order valence-corrected chi connectivity index (χ2v) is 5.88. The molecule has 2 heterocycles. The molecule has 1 amide bonds. The first-order chi connectivity index (χ1) is 10.2. The fourth-order valence-corrected chi connectivity index (χ4v) is 3.26. The van der Waals surface area contributed by atoms with Gasteiger partial charge < -0.3 is 9.88 Å². The van der Waals surface area contributed by atoms with Crippen molar-refractivity contribution in [2.75, 3.05) is 0 Å². The molecule has 21 heavy (non-hydrogen) atoms. The number of hydrogen-bond donors (Lipinski definition) is 1. The van der Waals surface area contributed by atoms with Crippen molar-refractivity contribution in [3.8, 4) is 0 Å². The molecule has 0 unspecified atom stereocenters. The fraction of sp³-hybridized carbons (Fsp3) is 0.250. The summed E-state index contributed by atoms with van der Waals surface area (Å²) in [5.41, 5.74) is 1.73. The average molecular weight is 299 g/mol. The van der Waals surface area contributed by atoms with Gasteiger partial charge in [0, 0.05) is 29.5 Å². The highest BCUT2D eigenvalue weighted by atomic mass is 32.1. The third-order valence-electron chi connectivity index (χ3n) is 3.65. The molecule has 0 aliphatic carbocycles. The Morgan fingerprint density at radius 2 is 2.24 bits per heavy atom. The number of aryl methyl sites for hydroxylation is 1. The largest absolute Gasteiger partial charge is 0.342 e. The van der Waals surface area contributed by atoms with Gasteiger partial charge in [0.15, 0.2) is 0 Å². The third-order valence-corrected chi connectivity index (χ3v) is 4.54. The quantitative estimate of drug-likeness (QED) is 0.801. The van der Waals surface area contributed by atoms with Crippen molar-refractivity contribution in [1.29, 1.82) is 0 Å². The third kappa shape index (κ3) is 2.56. The van der Waals surface area contributed by atoms with Crippen molar-refractivity contribution >= 4 is 28.1 Å². The molecule has 0 bridgehead atoms. The molecule has 2 aromatic heterocycles. The number of carbonyl (C=O) groups excluding carboxylic acids is 1. The van der Waals surface area contributed by atoms with E-state index in [-0.39, 0.29) is 11.9 Å². The Morgan fingerprint density at radius 1 is 1.43 bits per heavy atom. The molecule has 0 aliphatic rings. The number of aromatic nitrogens is 2. The van der Waals surface area contributed by atoms with Gasteiger partial charge >= 0.3 is 0 Å². The molecule has 0 saturated carbocycles. The van der Waals surface area contributed by atoms with Crippen molar-refractivity contribution in [2.24, 2.45) is 7.05 Å². The smallest absolute Gasteiger partial charge is 0.268 e. The fourth-order valence-electron chi connectivity index (χ4n) is 2.48. The highest BCUT2D eigenvalue weighted by Gasteiger charge is 2.19. The summed E-state index contributed by atoms with van der Waals surface area (Å²) in [7, 11) is 1.92. The van der Waals surface area contributed by atoms with E-state index in [4.69, 9.17) is 0 Å². The zero-order valence-electron chi connectivity index (χ0n) is 12.0. The van der Waals surface area contributed by atoms with Crippen molar-refractivity contribution in [3.05, 3.63) is 52.6 Å². The first kappa shape index (κ1) is 13.8. The van der Waals surface area contributed by atoms with E-state index in [0.29, 0.717) is 5.69 Å². The monoisotopic (exact) mass is 299 g/mol. The molecule has 4 nitrogen and oxygen atoms in total. The van der Waals surface area contributed by atoms with Crippen LogP contribution < -0.4 is 5.32 Å². The summed E-state index contributed by atoms with van der Waals surface area (Å²) in [6.07, 6.45) is 2.59. The SMILES string of the molecule is CC[C@@H](NC(=O)c1cc2ccccc2n1C)c1nccs1. The van der Waals surface area contributed by atoms with Crippen LogP contribution in [-0.4, -0.2) is 15.5 Å². The Morgan fingerprint density at radius 3 is 2.90 bits per heavy atom. The van der Waals surface area contributed by atoms with E-state index in [2.05, 4.69) is 10.3 Å². The molecule has 1 atom stereocenters. The van der Waals surface area contributed by atoms with Gasteiger partial charge in [0.2, 0.25) is 0 Å². The molecule has 108 valence electrons. The van der Waals surface area contributed by atoms with Crippen molar-refractivity contribution in [3.63, 3.8) is 0 Å². The van der Waals surface area contributed by atoms with Crippen molar-refractivity contribution in [1.82, 2.24) is 14.9 Å². The average Bonchev–Trinajstić information content (AvgIpc) is 3.13. The maximum absolute atomic E-state index is 12.5. The lowest BCUT2D eigenvalue weighted by atomic mass is 10.2. The van der Waals surface area contributed by atoms with Gasteiger partial charge in [0.1, 0.15) is 10.7 Å². The number of hydrogen-bond acceptors (Lipinski definition) is 3. The summed E-state index contributed by atoms with van der Waals surface area (Å²) in [5, 5.41) is 7.03. The first-order valence-corrected chi connectivity index (χ1v) is 7.83. The highest BCUT2D eigenvalue weighted by Crippen LogP contribution is 2.22. The normalized spacial score (nSPS) is 12.5. The summed E-state index contributed by atoms with van der Waals surface area (Å²) in [5.74, 6) is -0.0595. The zero-order valence-corrected chi connectivity index (χ0v) is 12.9. The molecular weight excluding hydrogens is 282 g/mol. The van der Waals surface area contributed by atoms with Gasteiger partial charge in [-0.2, -0.15) is 0 Å². The number of nitrogens with zero attached hydrogens (tertiary/aromatic N) is 2. The molecule has 0 fully saturated rings. The van der Waals surface area contributed by atoms with E-state index in [0.717, 1.165) is 22.3 Å². The van der Waals surface area contributed by atoms with Gasteiger partial charge in [0.25, 0.3) is 5.91 Å². The molecule has 1 N–H and O–H groups in total. The summed E-state index contributed by atoms with van der Waals surface area (Å²) in [6, 6.07) is 9.90. The zero-order chi connectivity index (χ0) is 14.8. The minimum atomic E-state index is -0.0595. The van der Waals surface area contributed by atoms with Crippen molar-refractivity contribution < 1.29 is 4.79 Å². The van der Waals surface area contributed by atoms with Crippen molar-refractivity contribution in [2.45, 2.75) is 19.4 Å². The molecule has 3 rings (SSSR count). The van der Waals surface area contributed by atoms with Gasteiger partial charge in [-0.3, -0.25) is 4.79 Å². The molecule has 3 aromatic rings. The molecule has 1 aromatic carbocycles. The standard InChI is InChI=1S/C16H17N3OS/c1-3-12(16-17-8-9-21-16)18-15(20)14-10-11-6-4-5-7-13(11)19(14)2/h4-10,12H,3H2,1-2H3,(H,18,20)/t12-/m1/s1. The van der Waals surface area contributed by atoms with Gasteiger partial charge in [-0.25, -0.2) is 4.98 Å². The molecule has 0 saturated heterocycles. The summed E-state index contributed by atoms with van der Waals surface area (Å²) in [4.78, 5) is 16.8. The molecule has 5 heteroatoms. The lowest BCUT2D eigenvalue weighted by Gasteiger charge is -2.14. The molecular formula is C16H17N3OS. The van der Waals surface area contributed by atoms with Gasteiger partial charge in [-0.15, -0.1) is 11.3 Å². The predicted molar refractivity (Wildman–Crippen MR) is 85.5 cm³/mol. The summed E-state index contributed by atoms with van der Waals surface area (Å²) in [6.45, 7) is 2.05. The van der Waals surface area contributed by atoms with Crippen LogP contribution in [0.4, 0.5) is 0 Å². The van der Waals surface area contributed by atoms with Crippen LogP contribution >= 0.6 is 11.3 Å². The Hall–Kier alpha value is -2.14. The van der Waals surface area contributed by atoms with Gasteiger partial charge in [0.05, 0.1) is 6.04 Å². The molecule has 0 radical (unpaired) electrons. The van der Waals surface area contributed by atoms with Crippen LogP contribution in [0.15, 0.2) is 41.9 Å². The van der Waals surface area contributed by atoms with Gasteiger partial charge in [-0.1, -0.05) is 25.1 Å². The lowest BCUT2D eigenvalue weighted by molar-refractivity contribution is 0.0927. The molecule has 0 aliphatic heterocycles. The lowest BCUT2D eigenvalue weighted by Crippen LogP contribution is -2.29. The van der Waals surface area contributed by atoms with E-state index < -0.39 is 0 Å². The predicted octanol–water partition coefficient (Wildman–Crippen LogP) is 3.52. The van der Waals surface area contributed by atoms with E-state index in [1.54, 1.807) is 17.5 Å². The van der Waals surface area contributed by atoms with Crippen LogP contribution in [0.3, 0.4) is 0 Å². The number of amides is 1. The Kier molecular flexibility index (Phi) is 3.75. The van der Waals surface area contributed by atoms with Crippen LogP contribution in [0, 0.1) is 0 Å². The second-order valence-electron chi connectivity index (χ2n) is 4.95. The second kappa shape index (κ2) is 5.69. The van der Waals surface area contributed by atoms with Crippen LogP contribution in [0.1, 0.15) is 34.9 Å². The van der Waals surface area contributed by atoms with Crippen LogP contribution in [-0.2, 0) is 7.05 Å². The topological polar surface area (TPSA) is 46.9 Å². The maximum Gasteiger partial charge on any atom is 0.268 e. The minimum absolute atomic E-state index is 0.0319. The summed E-state index contributed by atoms with van der Waals surface area (Å²) < 4.78 is 1.93. The number of fused-ring (bicyclic) bond motifs is 1. The summed E-state index contributed by atoms with van der Waals surface area (Å²) >= 11 is 1.57. The number of benzene rings is 1. The number of carbonyl (C=O) groups is 1. The Bertz CT molecular complexity index is 761. The number of para-hydroxylation sites is 1. The minimum Gasteiger partial charge on any atom is -0.342 e.